The Bertz CT molecular complexity index is 1850. The first-order valence-corrected chi connectivity index (χ1v) is 14.7. The van der Waals surface area contributed by atoms with Gasteiger partial charge in [0, 0.05) is 42.4 Å². The minimum atomic E-state index is -1.12. The number of nitrogens with one attached hydrogen (secondary N) is 1. The predicted molar refractivity (Wildman–Crippen MR) is 157 cm³/mol. The SMILES string of the molecule is COC(=O)C1(c2c([N+](=O)[O-])cnc3c(F)cc(Br)cc23)CCC1.O=C1Nc2cnc3c(F)cc(Br)cc3c2C12CCC2.[Fe]. The van der Waals surface area contributed by atoms with E-state index in [2.05, 4.69) is 47.1 Å². The van der Waals surface area contributed by atoms with Crippen molar-refractivity contribution in [3.8, 4) is 0 Å². The fourth-order valence-electron chi connectivity index (χ4n) is 6.34. The minimum Gasteiger partial charge on any atom is -0.468 e. The molecule has 3 heterocycles. The van der Waals surface area contributed by atoms with Gasteiger partial charge in [-0.1, -0.05) is 44.7 Å². The Labute approximate surface area is 271 Å². The fourth-order valence-corrected chi connectivity index (χ4v) is 7.20. The molecule has 0 radical (unpaired) electrons. The van der Waals surface area contributed by atoms with Gasteiger partial charge in [-0.15, -0.1) is 0 Å². The summed E-state index contributed by atoms with van der Waals surface area (Å²) in [6, 6.07) is 6.04. The van der Waals surface area contributed by atoms with Crippen LogP contribution in [0.4, 0.5) is 20.2 Å². The molecule has 43 heavy (non-hydrogen) atoms. The summed E-state index contributed by atoms with van der Waals surface area (Å²) in [5.74, 6) is -1.48. The van der Waals surface area contributed by atoms with Crippen molar-refractivity contribution in [2.24, 2.45) is 0 Å². The average molecular weight is 760 g/mol. The zero-order valence-electron chi connectivity index (χ0n) is 22.5. The van der Waals surface area contributed by atoms with Crippen molar-refractivity contribution in [3.05, 3.63) is 78.5 Å². The second kappa shape index (κ2) is 11.5. The maximum Gasteiger partial charge on any atom is 0.316 e. The second-order valence-electron chi connectivity index (χ2n) is 10.7. The van der Waals surface area contributed by atoms with Gasteiger partial charge in [-0.2, -0.15) is 0 Å². The summed E-state index contributed by atoms with van der Waals surface area (Å²) in [7, 11) is 1.24. The molecule has 1 amide bonds. The van der Waals surface area contributed by atoms with E-state index in [1.165, 1.54) is 19.2 Å². The van der Waals surface area contributed by atoms with E-state index in [1.807, 2.05) is 6.07 Å². The number of pyridine rings is 2. The van der Waals surface area contributed by atoms with Crippen LogP contribution in [-0.4, -0.2) is 33.9 Å². The quantitative estimate of drug-likeness (QED) is 0.102. The summed E-state index contributed by atoms with van der Waals surface area (Å²) >= 11 is 6.50. The van der Waals surface area contributed by atoms with Gasteiger partial charge in [0.1, 0.15) is 22.6 Å². The Morgan fingerprint density at radius 1 is 0.953 bits per heavy atom. The van der Waals surface area contributed by atoms with Gasteiger partial charge in [0.15, 0.2) is 11.6 Å². The molecule has 7 rings (SSSR count). The number of methoxy groups -OCH3 is 1. The normalized spacial score (nSPS) is 17.1. The zero-order valence-corrected chi connectivity index (χ0v) is 26.7. The van der Waals surface area contributed by atoms with Gasteiger partial charge in [-0.05, 0) is 49.9 Å². The molecule has 4 aromatic rings. The third kappa shape index (κ3) is 4.82. The van der Waals surface area contributed by atoms with E-state index >= 15 is 0 Å². The van der Waals surface area contributed by atoms with Crippen LogP contribution >= 0.6 is 31.9 Å². The van der Waals surface area contributed by atoms with Crippen molar-refractivity contribution >= 4 is 76.9 Å². The first-order chi connectivity index (χ1) is 20.0. The van der Waals surface area contributed by atoms with Gasteiger partial charge < -0.3 is 10.1 Å². The third-order valence-electron chi connectivity index (χ3n) is 8.59. The number of ether oxygens (including phenoxy) is 1. The number of carbonyl (C=O) groups excluding carboxylic acids is 2. The van der Waals surface area contributed by atoms with Crippen LogP contribution in [0.25, 0.3) is 21.8 Å². The number of nitro groups is 1. The molecule has 1 N–H and O–H groups in total. The van der Waals surface area contributed by atoms with Gasteiger partial charge in [-0.25, -0.2) is 13.8 Å². The second-order valence-corrected chi connectivity index (χ2v) is 12.5. The summed E-state index contributed by atoms with van der Waals surface area (Å²) < 4.78 is 34.1. The molecular formula is C29H22Br2F2FeN4O5. The summed E-state index contributed by atoms with van der Waals surface area (Å²) in [4.78, 5) is 43.4. The van der Waals surface area contributed by atoms with Gasteiger partial charge in [0.2, 0.25) is 5.91 Å². The monoisotopic (exact) mass is 758 g/mol. The van der Waals surface area contributed by atoms with Gasteiger partial charge in [0.05, 0.1) is 34.9 Å². The molecule has 0 saturated heterocycles. The average Bonchev–Trinajstić information content (AvgIpc) is 3.21. The molecule has 2 fully saturated rings. The molecule has 9 nitrogen and oxygen atoms in total. The van der Waals surface area contributed by atoms with Crippen LogP contribution in [0.15, 0.2) is 45.6 Å². The Kier molecular flexibility index (Phi) is 8.36. The van der Waals surface area contributed by atoms with E-state index in [-0.39, 0.29) is 50.9 Å². The number of benzene rings is 2. The number of carbonyl (C=O) groups is 2. The standard InChI is InChI=1S/C15H12BrFN2O4.C14H10BrFN2O.Fe/c1-23-14(20)15(3-2-4-15)12-9-5-8(16)6-10(17)13(9)18-7-11(12)19(21)22;15-7-4-8-11-10(6-17-12(8)9(16)5-7)18-13(19)14(11)2-1-3-14;/h5-7H,2-4H2,1H3;4-6H,1-3H2,(H,18,19);. The summed E-state index contributed by atoms with van der Waals surface area (Å²) in [5.41, 5.74) is 0.318. The first-order valence-electron chi connectivity index (χ1n) is 13.1. The molecule has 0 bridgehead atoms. The van der Waals surface area contributed by atoms with Crippen LogP contribution in [0.3, 0.4) is 0 Å². The van der Waals surface area contributed by atoms with Crippen molar-refractivity contribution in [3.63, 3.8) is 0 Å². The Morgan fingerprint density at radius 3 is 1.95 bits per heavy atom. The van der Waals surface area contributed by atoms with E-state index in [4.69, 9.17) is 4.74 Å². The molecule has 3 aliphatic rings. The van der Waals surface area contributed by atoms with Crippen LogP contribution in [0, 0.1) is 21.7 Å². The van der Waals surface area contributed by atoms with Crippen LogP contribution < -0.4 is 5.32 Å². The van der Waals surface area contributed by atoms with Crippen molar-refractivity contribution in [2.45, 2.75) is 49.4 Å². The number of anilines is 1. The molecule has 2 saturated carbocycles. The molecule has 2 aliphatic carbocycles. The van der Waals surface area contributed by atoms with Crippen LogP contribution in [0.5, 0.6) is 0 Å². The van der Waals surface area contributed by atoms with E-state index in [1.54, 1.807) is 12.3 Å². The Morgan fingerprint density at radius 2 is 1.49 bits per heavy atom. The van der Waals surface area contributed by atoms with E-state index < -0.39 is 27.5 Å². The number of rotatable bonds is 3. The van der Waals surface area contributed by atoms with Crippen molar-refractivity contribution < 1.29 is 45.1 Å². The number of fused-ring (bicyclic) bond motifs is 5. The fraction of sp³-hybridized carbons (Fsp3) is 0.310. The number of hydrogen-bond acceptors (Lipinski definition) is 7. The predicted octanol–water partition coefficient (Wildman–Crippen LogP) is 7.15. The largest absolute Gasteiger partial charge is 0.468 e. The molecular weight excluding hydrogens is 738 g/mol. The molecule has 224 valence electrons. The number of halogens is 4. The molecule has 14 heteroatoms. The maximum absolute atomic E-state index is 14.2. The van der Waals surface area contributed by atoms with Gasteiger partial charge >= 0.3 is 5.97 Å². The molecule has 2 aromatic carbocycles. The maximum atomic E-state index is 14.2. The van der Waals surface area contributed by atoms with E-state index in [0.717, 1.165) is 48.5 Å². The van der Waals surface area contributed by atoms with Gasteiger partial charge in [0.25, 0.3) is 5.69 Å². The number of hydrogen-bond donors (Lipinski definition) is 1. The number of nitrogens with zero attached hydrogens (tertiary/aromatic N) is 3. The topological polar surface area (TPSA) is 124 Å². The molecule has 1 spiro atoms. The minimum absolute atomic E-state index is 0. The molecule has 0 atom stereocenters. The summed E-state index contributed by atoms with van der Waals surface area (Å²) in [6.07, 6.45) is 6.87. The summed E-state index contributed by atoms with van der Waals surface area (Å²) in [5, 5.41) is 15.3. The van der Waals surface area contributed by atoms with E-state index in [9.17, 15) is 28.5 Å². The molecule has 2 aromatic heterocycles. The molecule has 1 aliphatic heterocycles. The number of aromatic nitrogens is 2. The van der Waals surface area contributed by atoms with Crippen LogP contribution in [0.2, 0.25) is 0 Å². The van der Waals surface area contributed by atoms with Crippen molar-refractivity contribution in [2.75, 3.05) is 12.4 Å². The number of amides is 1. The smallest absolute Gasteiger partial charge is 0.316 e. The third-order valence-corrected chi connectivity index (χ3v) is 9.50. The van der Waals surface area contributed by atoms with Crippen molar-refractivity contribution in [1.29, 1.82) is 0 Å². The first kappa shape index (κ1) is 31.4. The van der Waals surface area contributed by atoms with Crippen LogP contribution in [0.1, 0.15) is 49.7 Å². The van der Waals surface area contributed by atoms with Crippen molar-refractivity contribution in [1.82, 2.24) is 9.97 Å². The molecule has 0 unspecified atom stereocenters. The summed E-state index contributed by atoms with van der Waals surface area (Å²) in [6.45, 7) is 0. The Balaban J connectivity index is 0.000000170. The van der Waals surface area contributed by atoms with E-state index in [0.29, 0.717) is 27.3 Å². The van der Waals surface area contributed by atoms with Crippen LogP contribution in [-0.2, 0) is 42.2 Å². The van der Waals surface area contributed by atoms with Gasteiger partial charge in [-0.3, -0.25) is 24.7 Å². The zero-order chi connectivity index (χ0) is 30.0. The Hall–Kier alpha value is -3.06. The number of esters is 1.